The summed E-state index contributed by atoms with van der Waals surface area (Å²) in [4.78, 5) is 11.2. The Labute approximate surface area is 77.8 Å². The fourth-order valence-electron chi connectivity index (χ4n) is 2.22. The first-order chi connectivity index (χ1) is 5.56. The lowest BCUT2D eigenvalue weighted by atomic mass is 9.59. The Kier molecular flexibility index (Phi) is 1.63. The lowest BCUT2D eigenvalue weighted by molar-refractivity contribution is -0.121. The minimum atomic E-state index is -0.292. The number of hydrogen-bond acceptors (Lipinski definition) is 1. The van der Waals surface area contributed by atoms with Crippen LogP contribution in [0.3, 0.4) is 0 Å². The standard InChI is InChI=1S/C10H13ClO/c1-9-2-5-10(6-3-9,7-4-9)8(11)12/h2,5H,3-4,6-7H2,1H3. The third-order valence-corrected chi connectivity index (χ3v) is 3.86. The molecule has 3 rings (SSSR count). The van der Waals surface area contributed by atoms with Crippen molar-refractivity contribution in [2.75, 3.05) is 0 Å². The maximum Gasteiger partial charge on any atom is 0.231 e. The molecule has 0 atom stereocenters. The Bertz CT molecular complexity index is 247. The van der Waals surface area contributed by atoms with Crippen molar-refractivity contribution in [3.8, 4) is 0 Å². The average molecular weight is 185 g/mol. The van der Waals surface area contributed by atoms with E-state index in [1.807, 2.05) is 6.08 Å². The monoisotopic (exact) mass is 184 g/mol. The largest absolute Gasteiger partial charge is 0.280 e. The van der Waals surface area contributed by atoms with Crippen LogP contribution in [0, 0.1) is 10.8 Å². The van der Waals surface area contributed by atoms with Crippen LogP contribution < -0.4 is 0 Å². The van der Waals surface area contributed by atoms with E-state index < -0.39 is 0 Å². The highest BCUT2D eigenvalue weighted by molar-refractivity contribution is 6.65. The Hall–Kier alpha value is -0.300. The molecule has 0 aromatic rings. The number of rotatable bonds is 1. The average Bonchev–Trinajstić information content (AvgIpc) is 2.06. The SMILES string of the molecule is CC12C=CC(C(=O)Cl)(CC1)CC2. The highest BCUT2D eigenvalue weighted by atomic mass is 35.5. The molecule has 1 saturated carbocycles. The lowest BCUT2D eigenvalue weighted by Gasteiger charge is -2.45. The van der Waals surface area contributed by atoms with Crippen LogP contribution in [0.5, 0.6) is 0 Å². The third kappa shape index (κ3) is 1.03. The summed E-state index contributed by atoms with van der Waals surface area (Å²) >= 11 is 5.59. The maximum atomic E-state index is 11.2. The van der Waals surface area contributed by atoms with Crippen LogP contribution in [0.15, 0.2) is 12.2 Å². The maximum absolute atomic E-state index is 11.2. The Balaban J connectivity index is 2.34. The van der Waals surface area contributed by atoms with E-state index in [1.54, 1.807) is 0 Å². The van der Waals surface area contributed by atoms with Gasteiger partial charge in [-0.05, 0) is 42.7 Å². The minimum absolute atomic E-state index is 0.166. The molecule has 0 unspecified atom stereocenters. The quantitative estimate of drug-likeness (QED) is 0.453. The van der Waals surface area contributed by atoms with Gasteiger partial charge in [-0.1, -0.05) is 19.1 Å². The van der Waals surface area contributed by atoms with Gasteiger partial charge in [-0.2, -0.15) is 0 Å². The zero-order valence-electron chi connectivity index (χ0n) is 7.27. The molecule has 0 heterocycles. The van der Waals surface area contributed by atoms with E-state index in [2.05, 4.69) is 13.0 Å². The van der Waals surface area contributed by atoms with Crippen LogP contribution in [-0.2, 0) is 4.79 Å². The van der Waals surface area contributed by atoms with Crippen LogP contribution in [0.25, 0.3) is 0 Å². The molecule has 0 spiro atoms. The first kappa shape index (κ1) is 8.31. The predicted molar refractivity (Wildman–Crippen MR) is 49.0 cm³/mol. The molecular formula is C10H13ClO. The summed E-state index contributed by atoms with van der Waals surface area (Å²) in [7, 11) is 0. The molecule has 66 valence electrons. The number of carbonyl (C=O) groups is 1. The number of fused-ring (bicyclic) bond motifs is 2. The summed E-state index contributed by atoms with van der Waals surface area (Å²) in [5, 5.41) is -0.166. The molecule has 12 heavy (non-hydrogen) atoms. The molecule has 0 aromatic heterocycles. The van der Waals surface area contributed by atoms with Crippen molar-refractivity contribution in [3.05, 3.63) is 12.2 Å². The summed E-state index contributed by atoms with van der Waals surface area (Å²) in [6.07, 6.45) is 8.34. The van der Waals surface area contributed by atoms with Gasteiger partial charge in [0.05, 0.1) is 5.41 Å². The fourth-order valence-corrected chi connectivity index (χ4v) is 2.48. The van der Waals surface area contributed by atoms with Crippen molar-refractivity contribution in [3.63, 3.8) is 0 Å². The number of carbonyl (C=O) groups excluding carboxylic acids is 1. The van der Waals surface area contributed by atoms with Crippen molar-refractivity contribution in [2.45, 2.75) is 32.6 Å². The van der Waals surface area contributed by atoms with Gasteiger partial charge >= 0.3 is 0 Å². The van der Waals surface area contributed by atoms with E-state index >= 15 is 0 Å². The molecule has 1 fully saturated rings. The Morgan fingerprint density at radius 1 is 1.25 bits per heavy atom. The van der Waals surface area contributed by atoms with Gasteiger partial charge in [-0.25, -0.2) is 0 Å². The second-order valence-corrected chi connectivity index (χ2v) is 4.76. The van der Waals surface area contributed by atoms with E-state index in [4.69, 9.17) is 11.6 Å². The fraction of sp³-hybridized carbons (Fsp3) is 0.700. The number of allylic oxidation sites excluding steroid dienone is 2. The summed E-state index contributed by atoms with van der Waals surface area (Å²) < 4.78 is 0. The predicted octanol–water partition coefficient (Wildman–Crippen LogP) is 2.89. The van der Waals surface area contributed by atoms with Crippen LogP contribution in [0.2, 0.25) is 0 Å². The van der Waals surface area contributed by atoms with Crippen LogP contribution in [-0.4, -0.2) is 5.24 Å². The molecule has 0 amide bonds. The van der Waals surface area contributed by atoms with Crippen molar-refractivity contribution in [1.29, 1.82) is 0 Å². The zero-order chi connectivity index (χ0) is 8.82. The Morgan fingerprint density at radius 3 is 2.17 bits per heavy atom. The molecule has 3 aliphatic carbocycles. The van der Waals surface area contributed by atoms with E-state index in [0.29, 0.717) is 5.41 Å². The van der Waals surface area contributed by atoms with E-state index in [9.17, 15) is 4.79 Å². The summed E-state index contributed by atoms with van der Waals surface area (Å²) in [6.45, 7) is 2.26. The summed E-state index contributed by atoms with van der Waals surface area (Å²) in [5.41, 5.74) is 0.0629. The molecule has 2 bridgehead atoms. The molecule has 0 saturated heterocycles. The van der Waals surface area contributed by atoms with Crippen molar-refractivity contribution in [2.24, 2.45) is 10.8 Å². The molecule has 2 heteroatoms. The first-order valence-corrected chi connectivity index (χ1v) is 4.85. The van der Waals surface area contributed by atoms with Gasteiger partial charge in [-0.15, -0.1) is 0 Å². The van der Waals surface area contributed by atoms with Crippen molar-refractivity contribution < 1.29 is 4.79 Å². The van der Waals surface area contributed by atoms with Gasteiger partial charge in [-0.3, -0.25) is 4.79 Å². The van der Waals surface area contributed by atoms with Gasteiger partial charge < -0.3 is 0 Å². The van der Waals surface area contributed by atoms with Gasteiger partial charge in [0.2, 0.25) is 5.24 Å². The van der Waals surface area contributed by atoms with Crippen LogP contribution in [0.1, 0.15) is 32.6 Å². The van der Waals surface area contributed by atoms with E-state index in [-0.39, 0.29) is 10.7 Å². The van der Waals surface area contributed by atoms with Crippen molar-refractivity contribution >= 4 is 16.8 Å². The van der Waals surface area contributed by atoms with Gasteiger partial charge in [0, 0.05) is 0 Å². The molecule has 3 aliphatic rings. The highest BCUT2D eigenvalue weighted by Crippen LogP contribution is 2.52. The van der Waals surface area contributed by atoms with Crippen LogP contribution >= 0.6 is 11.6 Å². The molecule has 0 N–H and O–H groups in total. The second kappa shape index (κ2) is 2.35. The molecule has 0 aromatic carbocycles. The molecule has 0 aliphatic heterocycles. The minimum Gasteiger partial charge on any atom is -0.280 e. The summed E-state index contributed by atoms with van der Waals surface area (Å²) in [6, 6.07) is 0. The van der Waals surface area contributed by atoms with E-state index in [1.165, 1.54) is 0 Å². The zero-order valence-corrected chi connectivity index (χ0v) is 8.03. The van der Waals surface area contributed by atoms with E-state index in [0.717, 1.165) is 25.7 Å². The number of halogens is 1. The summed E-state index contributed by atoms with van der Waals surface area (Å²) in [5.74, 6) is 0. The highest BCUT2D eigenvalue weighted by Gasteiger charge is 2.45. The van der Waals surface area contributed by atoms with Crippen LogP contribution in [0.4, 0.5) is 0 Å². The van der Waals surface area contributed by atoms with Crippen molar-refractivity contribution in [1.82, 2.24) is 0 Å². The topological polar surface area (TPSA) is 17.1 Å². The molecule has 0 radical (unpaired) electrons. The second-order valence-electron chi connectivity index (χ2n) is 4.42. The van der Waals surface area contributed by atoms with Gasteiger partial charge in [0.25, 0.3) is 0 Å². The number of hydrogen-bond donors (Lipinski definition) is 0. The Morgan fingerprint density at radius 2 is 1.83 bits per heavy atom. The lowest BCUT2D eigenvalue weighted by Crippen LogP contribution is -2.38. The van der Waals surface area contributed by atoms with Gasteiger partial charge in [0.1, 0.15) is 0 Å². The smallest absolute Gasteiger partial charge is 0.231 e. The molecule has 1 nitrogen and oxygen atoms in total. The van der Waals surface area contributed by atoms with Gasteiger partial charge in [0.15, 0.2) is 0 Å². The molecular weight excluding hydrogens is 172 g/mol. The third-order valence-electron chi connectivity index (χ3n) is 3.48. The normalized spacial score (nSPS) is 44.8. The first-order valence-electron chi connectivity index (χ1n) is 4.47.